The van der Waals surface area contributed by atoms with Crippen LogP contribution < -0.4 is 4.90 Å². The molecular weight excluding hydrogens is 382 g/mol. The van der Waals surface area contributed by atoms with E-state index in [9.17, 15) is 0 Å². The normalized spacial score (nSPS) is 15.2. The summed E-state index contributed by atoms with van der Waals surface area (Å²) in [5.41, 5.74) is 7.83. The van der Waals surface area contributed by atoms with Crippen LogP contribution in [0, 0.1) is 0 Å². The number of hydrogen-bond donors (Lipinski definition) is 1. The number of pyridine rings is 1. The molecule has 0 saturated carbocycles. The molecule has 5 rings (SSSR count). The van der Waals surface area contributed by atoms with Gasteiger partial charge in [0, 0.05) is 54.6 Å². The van der Waals surface area contributed by atoms with Crippen molar-refractivity contribution in [2.24, 2.45) is 0 Å². The Hall–Kier alpha value is -3.18. The second-order valence-electron chi connectivity index (χ2n) is 8.81. The largest absolute Gasteiger partial charge is 0.369 e. The number of aromatic amines is 1. The Morgan fingerprint density at radius 1 is 0.871 bits per heavy atom. The number of anilines is 1. The van der Waals surface area contributed by atoms with Gasteiger partial charge in [-0.2, -0.15) is 5.10 Å². The van der Waals surface area contributed by atoms with Gasteiger partial charge in [-0.15, -0.1) is 0 Å². The van der Waals surface area contributed by atoms with Crippen LogP contribution in [-0.4, -0.2) is 53.3 Å². The Morgan fingerprint density at radius 3 is 2.39 bits per heavy atom. The van der Waals surface area contributed by atoms with Crippen molar-refractivity contribution in [2.45, 2.75) is 19.8 Å². The lowest BCUT2D eigenvalue weighted by atomic mass is 9.98. The quantitative estimate of drug-likeness (QED) is 0.503. The summed E-state index contributed by atoms with van der Waals surface area (Å²) in [5, 5.41) is 8.70. The number of piperazine rings is 1. The molecule has 31 heavy (non-hydrogen) atoms. The van der Waals surface area contributed by atoms with E-state index in [0.717, 1.165) is 54.0 Å². The zero-order chi connectivity index (χ0) is 21.4. The van der Waals surface area contributed by atoms with E-state index in [4.69, 9.17) is 0 Å². The molecule has 1 aliphatic rings. The maximum atomic E-state index is 4.62. The first kappa shape index (κ1) is 19.8. The number of H-pyrrole nitrogens is 1. The molecule has 2 aromatic heterocycles. The van der Waals surface area contributed by atoms with Crippen molar-refractivity contribution in [3.05, 3.63) is 66.4 Å². The summed E-state index contributed by atoms with van der Waals surface area (Å²) in [4.78, 5) is 9.46. The van der Waals surface area contributed by atoms with Gasteiger partial charge in [0.05, 0.1) is 5.69 Å². The standard InChI is InChI=1S/C26H29N5/c1-18(2)20-5-4-6-21(15-20)25-24-16-22(17-27-26(24)29-28-25)19-7-9-23(10-8-19)31-13-11-30(3)12-14-31/h4-10,15-18H,11-14H2,1-3H3,(H,27,28,29). The van der Waals surface area contributed by atoms with Gasteiger partial charge in [-0.25, -0.2) is 4.98 Å². The number of hydrogen-bond acceptors (Lipinski definition) is 4. The van der Waals surface area contributed by atoms with E-state index in [1.165, 1.54) is 16.8 Å². The van der Waals surface area contributed by atoms with E-state index in [0.29, 0.717) is 5.92 Å². The van der Waals surface area contributed by atoms with Crippen molar-refractivity contribution >= 4 is 16.7 Å². The minimum Gasteiger partial charge on any atom is -0.369 e. The lowest BCUT2D eigenvalue weighted by Crippen LogP contribution is -2.44. The van der Waals surface area contributed by atoms with Crippen LogP contribution in [0.15, 0.2) is 60.8 Å². The zero-order valence-electron chi connectivity index (χ0n) is 18.5. The maximum absolute atomic E-state index is 4.62. The van der Waals surface area contributed by atoms with Gasteiger partial charge < -0.3 is 9.80 Å². The summed E-state index contributed by atoms with van der Waals surface area (Å²) in [6.07, 6.45) is 1.92. The molecule has 0 aliphatic carbocycles. The van der Waals surface area contributed by atoms with Gasteiger partial charge in [-0.05, 0) is 48.4 Å². The number of rotatable bonds is 4. The van der Waals surface area contributed by atoms with Gasteiger partial charge in [0.2, 0.25) is 0 Å². The highest BCUT2D eigenvalue weighted by Crippen LogP contribution is 2.31. The molecule has 1 N–H and O–H groups in total. The Morgan fingerprint density at radius 2 is 1.65 bits per heavy atom. The maximum Gasteiger partial charge on any atom is 0.181 e. The third-order valence-electron chi connectivity index (χ3n) is 6.32. The van der Waals surface area contributed by atoms with Crippen molar-refractivity contribution in [1.82, 2.24) is 20.1 Å². The fourth-order valence-corrected chi connectivity index (χ4v) is 4.26. The van der Waals surface area contributed by atoms with Gasteiger partial charge in [0.1, 0.15) is 0 Å². The van der Waals surface area contributed by atoms with Gasteiger partial charge in [0.25, 0.3) is 0 Å². The molecule has 5 nitrogen and oxygen atoms in total. The zero-order valence-corrected chi connectivity index (χ0v) is 18.5. The van der Waals surface area contributed by atoms with Crippen molar-refractivity contribution in [1.29, 1.82) is 0 Å². The Kier molecular flexibility index (Phi) is 5.20. The average molecular weight is 412 g/mol. The molecule has 1 aliphatic heterocycles. The van der Waals surface area contributed by atoms with E-state index in [2.05, 4.69) is 100 Å². The molecule has 0 bridgehead atoms. The smallest absolute Gasteiger partial charge is 0.181 e. The minimum absolute atomic E-state index is 0.488. The Labute approximate surface area is 183 Å². The molecule has 158 valence electrons. The SMILES string of the molecule is CC(C)c1cccc(-c2[nH]nc3ncc(-c4ccc(N5CCN(C)CC5)cc4)cc23)c1. The second-order valence-corrected chi connectivity index (χ2v) is 8.81. The molecule has 3 heterocycles. The third kappa shape index (κ3) is 3.93. The molecule has 0 spiro atoms. The Balaban J connectivity index is 1.46. The van der Waals surface area contributed by atoms with Crippen molar-refractivity contribution in [2.75, 3.05) is 38.1 Å². The fourth-order valence-electron chi connectivity index (χ4n) is 4.26. The van der Waals surface area contributed by atoms with Crippen LogP contribution in [0.2, 0.25) is 0 Å². The summed E-state index contributed by atoms with van der Waals surface area (Å²) in [7, 11) is 2.19. The predicted octanol–water partition coefficient (Wildman–Crippen LogP) is 5.17. The minimum atomic E-state index is 0.488. The molecule has 1 saturated heterocycles. The first-order chi connectivity index (χ1) is 15.1. The van der Waals surface area contributed by atoms with Crippen LogP contribution in [0.5, 0.6) is 0 Å². The molecule has 5 heteroatoms. The van der Waals surface area contributed by atoms with Crippen LogP contribution >= 0.6 is 0 Å². The van der Waals surface area contributed by atoms with Gasteiger partial charge in [-0.3, -0.25) is 5.10 Å². The van der Waals surface area contributed by atoms with Crippen LogP contribution in [0.4, 0.5) is 5.69 Å². The number of aromatic nitrogens is 3. The fraction of sp³-hybridized carbons (Fsp3) is 0.308. The summed E-state index contributed by atoms with van der Waals surface area (Å²) < 4.78 is 0. The Bertz CT molecular complexity index is 1180. The van der Waals surface area contributed by atoms with E-state index < -0.39 is 0 Å². The summed E-state index contributed by atoms with van der Waals surface area (Å²) in [6, 6.07) is 19.7. The highest BCUT2D eigenvalue weighted by molar-refractivity contribution is 5.93. The number of benzene rings is 2. The summed E-state index contributed by atoms with van der Waals surface area (Å²) in [6.45, 7) is 8.83. The molecule has 4 aromatic rings. The molecule has 0 amide bonds. The number of nitrogens with zero attached hydrogens (tertiary/aromatic N) is 4. The summed E-state index contributed by atoms with van der Waals surface area (Å²) in [5.74, 6) is 0.488. The van der Waals surface area contributed by atoms with Crippen molar-refractivity contribution < 1.29 is 0 Å². The molecule has 0 unspecified atom stereocenters. The lowest BCUT2D eigenvalue weighted by Gasteiger charge is -2.34. The molecule has 0 atom stereocenters. The highest BCUT2D eigenvalue weighted by atomic mass is 15.2. The number of likely N-dealkylation sites (N-methyl/N-ethyl adjacent to an activating group) is 1. The van der Waals surface area contributed by atoms with Gasteiger partial charge in [-0.1, -0.05) is 44.2 Å². The second kappa shape index (κ2) is 8.16. The van der Waals surface area contributed by atoms with E-state index in [-0.39, 0.29) is 0 Å². The van der Waals surface area contributed by atoms with Crippen molar-refractivity contribution in [3.63, 3.8) is 0 Å². The van der Waals surface area contributed by atoms with Crippen LogP contribution in [0.3, 0.4) is 0 Å². The monoisotopic (exact) mass is 411 g/mol. The molecular formula is C26H29N5. The summed E-state index contributed by atoms with van der Waals surface area (Å²) >= 11 is 0. The first-order valence-electron chi connectivity index (χ1n) is 11.1. The van der Waals surface area contributed by atoms with Crippen molar-refractivity contribution in [3.8, 4) is 22.4 Å². The van der Waals surface area contributed by atoms with E-state index in [1.54, 1.807) is 0 Å². The van der Waals surface area contributed by atoms with Crippen LogP contribution in [0.25, 0.3) is 33.4 Å². The van der Waals surface area contributed by atoms with Crippen LogP contribution in [-0.2, 0) is 0 Å². The van der Waals surface area contributed by atoms with Gasteiger partial charge >= 0.3 is 0 Å². The van der Waals surface area contributed by atoms with E-state index in [1.807, 2.05) is 6.20 Å². The lowest BCUT2D eigenvalue weighted by molar-refractivity contribution is 0.313. The first-order valence-corrected chi connectivity index (χ1v) is 11.1. The molecule has 1 fully saturated rings. The molecule has 0 radical (unpaired) electrons. The average Bonchev–Trinajstić information content (AvgIpc) is 3.23. The van der Waals surface area contributed by atoms with Gasteiger partial charge in [0.15, 0.2) is 5.65 Å². The van der Waals surface area contributed by atoms with E-state index >= 15 is 0 Å². The predicted molar refractivity (Wildman–Crippen MR) is 129 cm³/mol. The highest BCUT2D eigenvalue weighted by Gasteiger charge is 2.15. The number of nitrogens with one attached hydrogen (secondary N) is 1. The topological polar surface area (TPSA) is 48.1 Å². The van der Waals surface area contributed by atoms with Crippen LogP contribution in [0.1, 0.15) is 25.3 Å². The number of fused-ring (bicyclic) bond motifs is 1. The molecule has 2 aromatic carbocycles. The third-order valence-corrected chi connectivity index (χ3v) is 6.32.